The smallest absolute Gasteiger partial charge is 0.157 e. The van der Waals surface area contributed by atoms with E-state index in [1.807, 2.05) is 31.3 Å². The van der Waals surface area contributed by atoms with Gasteiger partial charge in [0.25, 0.3) is 0 Å². The third-order valence-corrected chi connectivity index (χ3v) is 3.03. The second kappa shape index (κ2) is 4.71. The highest BCUT2D eigenvalue weighted by molar-refractivity contribution is 6.30. The van der Waals surface area contributed by atoms with Gasteiger partial charge < -0.3 is 4.90 Å². The highest BCUT2D eigenvalue weighted by Gasteiger charge is 2.15. The average molecular weight is 236 g/mol. The molecule has 0 heterocycles. The van der Waals surface area contributed by atoms with Crippen LogP contribution in [0.1, 0.15) is 18.4 Å². The van der Waals surface area contributed by atoms with Crippen molar-refractivity contribution in [1.29, 1.82) is 0 Å². The lowest BCUT2D eigenvalue weighted by Gasteiger charge is -2.20. The molecule has 2 nitrogen and oxygen atoms in total. The standard InChI is InChI=1S/C13H14ClNO/c1-15(12-6-7-13(16)8-12)9-10-2-4-11(14)5-3-10/h2-5,8H,6-7,9H2,1H3. The number of nitrogens with zero attached hydrogens (tertiary/aromatic N) is 1. The lowest BCUT2D eigenvalue weighted by molar-refractivity contribution is -0.114. The van der Waals surface area contributed by atoms with Crippen molar-refractivity contribution in [3.63, 3.8) is 0 Å². The molecule has 0 radical (unpaired) electrons. The van der Waals surface area contributed by atoms with Gasteiger partial charge in [0, 0.05) is 36.8 Å². The van der Waals surface area contributed by atoms with Crippen LogP contribution in [-0.4, -0.2) is 17.7 Å². The Labute approximate surface area is 101 Å². The summed E-state index contributed by atoms with van der Waals surface area (Å²) in [5.41, 5.74) is 2.33. The molecule has 0 N–H and O–H groups in total. The average Bonchev–Trinajstić information content (AvgIpc) is 2.68. The van der Waals surface area contributed by atoms with Crippen molar-refractivity contribution < 1.29 is 4.79 Å². The van der Waals surface area contributed by atoms with E-state index in [0.717, 1.165) is 23.7 Å². The summed E-state index contributed by atoms with van der Waals surface area (Å²) in [5.74, 6) is 0.234. The van der Waals surface area contributed by atoms with Gasteiger partial charge in [-0.2, -0.15) is 0 Å². The summed E-state index contributed by atoms with van der Waals surface area (Å²) < 4.78 is 0. The van der Waals surface area contributed by atoms with Crippen LogP contribution in [0.3, 0.4) is 0 Å². The van der Waals surface area contributed by atoms with Crippen LogP contribution in [0.15, 0.2) is 36.0 Å². The van der Waals surface area contributed by atoms with Gasteiger partial charge in [-0.25, -0.2) is 0 Å². The van der Waals surface area contributed by atoms with Crippen molar-refractivity contribution >= 4 is 17.4 Å². The largest absolute Gasteiger partial charge is 0.373 e. The summed E-state index contributed by atoms with van der Waals surface area (Å²) in [6.07, 6.45) is 3.26. The quantitative estimate of drug-likeness (QED) is 0.803. The molecule has 0 saturated carbocycles. The van der Waals surface area contributed by atoms with E-state index in [-0.39, 0.29) is 5.78 Å². The second-order valence-corrected chi connectivity index (χ2v) is 4.52. The summed E-state index contributed by atoms with van der Waals surface area (Å²) in [6, 6.07) is 7.80. The highest BCUT2D eigenvalue weighted by Crippen LogP contribution is 2.20. The van der Waals surface area contributed by atoms with Gasteiger partial charge in [-0.05, 0) is 24.1 Å². The van der Waals surface area contributed by atoms with E-state index >= 15 is 0 Å². The molecule has 0 spiro atoms. The minimum absolute atomic E-state index is 0.234. The number of ketones is 1. The van der Waals surface area contributed by atoms with Gasteiger partial charge in [0.1, 0.15) is 0 Å². The number of rotatable bonds is 3. The fourth-order valence-electron chi connectivity index (χ4n) is 1.85. The lowest BCUT2D eigenvalue weighted by Crippen LogP contribution is -2.15. The Hall–Kier alpha value is -1.28. The Morgan fingerprint density at radius 2 is 1.94 bits per heavy atom. The van der Waals surface area contributed by atoms with Crippen molar-refractivity contribution in [3.05, 3.63) is 46.6 Å². The van der Waals surface area contributed by atoms with Crippen LogP contribution in [0.25, 0.3) is 0 Å². The minimum atomic E-state index is 0.234. The fourth-order valence-corrected chi connectivity index (χ4v) is 1.97. The van der Waals surface area contributed by atoms with Crippen molar-refractivity contribution in [2.75, 3.05) is 7.05 Å². The molecule has 0 bridgehead atoms. The van der Waals surface area contributed by atoms with E-state index in [2.05, 4.69) is 4.90 Å². The van der Waals surface area contributed by atoms with Crippen molar-refractivity contribution in [2.24, 2.45) is 0 Å². The van der Waals surface area contributed by atoms with E-state index in [9.17, 15) is 4.79 Å². The van der Waals surface area contributed by atoms with Crippen molar-refractivity contribution in [3.8, 4) is 0 Å². The molecule has 3 heteroatoms. The zero-order valence-electron chi connectivity index (χ0n) is 9.24. The molecular formula is C13H14ClNO. The summed E-state index contributed by atoms with van der Waals surface area (Å²) in [6.45, 7) is 0.816. The van der Waals surface area contributed by atoms with E-state index in [1.54, 1.807) is 6.08 Å². The SMILES string of the molecule is CN(Cc1ccc(Cl)cc1)C1=CC(=O)CC1. The molecule has 0 saturated heterocycles. The molecule has 0 amide bonds. The Kier molecular flexibility index (Phi) is 3.30. The van der Waals surface area contributed by atoms with Crippen LogP contribution in [0.4, 0.5) is 0 Å². The predicted octanol–water partition coefficient (Wildman–Crippen LogP) is 3.02. The maximum atomic E-state index is 11.1. The molecule has 2 rings (SSSR count). The maximum absolute atomic E-state index is 11.1. The first-order chi connectivity index (χ1) is 7.65. The first-order valence-corrected chi connectivity index (χ1v) is 5.72. The number of benzene rings is 1. The van der Waals surface area contributed by atoms with Gasteiger partial charge in [0.05, 0.1) is 0 Å². The molecule has 1 aromatic rings. The van der Waals surface area contributed by atoms with Crippen LogP contribution in [0.5, 0.6) is 0 Å². The molecule has 0 aromatic heterocycles. The number of carbonyl (C=O) groups is 1. The van der Waals surface area contributed by atoms with Crippen molar-refractivity contribution in [2.45, 2.75) is 19.4 Å². The molecular weight excluding hydrogens is 222 g/mol. The Bertz CT molecular complexity index is 422. The number of hydrogen-bond acceptors (Lipinski definition) is 2. The number of allylic oxidation sites excluding steroid dienone is 2. The first kappa shape index (κ1) is 11.2. The molecule has 0 unspecified atom stereocenters. The summed E-state index contributed by atoms with van der Waals surface area (Å²) in [4.78, 5) is 13.3. The topological polar surface area (TPSA) is 20.3 Å². The third kappa shape index (κ3) is 2.64. The molecule has 1 aromatic carbocycles. The summed E-state index contributed by atoms with van der Waals surface area (Å²) in [7, 11) is 2.01. The van der Waals surface area contributed by atoms with E-state index < -0.39 is 0 Å². The van der Waals surface area contributed by atoms with Crippen LogP contribution in [0.2, 0.25) is 5.02 Å². The molecule has 84 valence electrons. The zero-order valence-corrected chi connectivity index (χ0v) is 10.00. The Balaban J connectivity index is 2.02. The van der Waals surface area contributed by atoms with Crippen LogP contribution < -0.4 is 0 Å². The number of halogens is 1. The monoisotopic (exact) mass is 235 g/mol. The highest BCUT2D eigenvalue weighted by atomic mass is 35.5. The Morgan fingerprint density at radius 1 is 1.25 bits per heavy atom. The van der Waals surface area contributed by atoms with Crippen LogP contribution in [-0.2, 0) is 11.3 Å². The van der Waals surface area contributed by atoms with E-state index in [4.69, 9.17) is 11.6 Å². The Morgan fingerprint density at radius 3 is 2.50 bits per heavy atom. The van der Waals surface area contributed by atoms with Gasteiger partial charge >= 0.3 is 0 Å². The van der Waals surface area contributed by atoms with Crippen molar-refractivity contribution in [1.82, 2.24) is 4.90 Å². The third-order valence-electron chi connectivity index (χ3n) is 2.78. The van der Waals surface area contributed by atoms with Gasteiger partial charge in [-0.1, -0.05) is 23.7 Å². The molecule has 0 atom stereocenters. The number of hydrogen-bond donors (Lipinski definition) is 0. The van der Waals surface area contributed by atoms with Crippen LogP contribution >= 0.6 is 11.6 Å². The van der Waals surface area contributed by atoms with Gasteiger partial charge in [0.2, 0.25) is 0 Å². The van der Waals surface area contributed by atoms with Gasteiger partial charge in [-0.3, -0.25) is 4.79 Å². The predicted molar refractivity (Wildman–Crippen MR) is 65.2 cm³/mol. The maximum Gasteiger partial charge on any atom is 0.157 e. The molecule has 16 heavy (non-hydrogen) atoms. The van der Waals surface area contributed by atoms with Gasteiger partial charge in [-0.15, -0.1) is 0 Å². The number of carbonyl (C=O) groups excluding carboxylic acids is 1. The first-order valence-electron chi connectivity index (χ1n) is 5.34. The normalized spacial score (nSPS) is 15.1. The van der Waals surface area contributed by atoms with Crippen LogP contribution in [0, 0.1) is 0 Å². The minimum Gasteiger partial charge on any atom is -0.373 e. The summed E-state index contributed by atoms with van der Waals surface area (Å²) in [5, 5.41) is 0.752. The zero-order chi connectivity index (χ0) is 11.5. The molecule has 1 aliphatic carbocycles. The summed E-state index contributed by atoms with van der Waals surface area (Å²) >= 11 is 5.82. The molecule has 1 aliphatic rings. The fraction of sp³-hybridized carbons (Fsp3) is 0.308. The molecule has 0 aliphatic heterocycles. The lowest BCUT2D eigenvalue weighted by atomic mass is 10.2. The second-order valence-electron chi connectivity index (χ2n) is 4.08. The van der Waals surface area contributed by atoms with E-state index in [1.165, 1.54) is 5.56 Å². The molecule has 0 fully saturated rings. The van der Waals surface area contributed by atoms with E-state index in [0.29, 0.717) is 6.42 Å². The van der Waals surface area contributed by atoms with Gasteiger partial charge in [0.15, 0.2) is 5.78 Å².